The Labute approximate surface area is 169 Å². The molecule has 1 heterocycles. The third kappa shape index (κ3) is 3.66. The van der Waals surface area contributed by atoms with Gasteiger partial charge in [-0.3, -0.25) is 20.4 Å². The normalized spacial score (nSPS) is 29.6. The van der Waals surface area contributed by atoms with Crippen molar-refractivity contribution in [3.05, 3.63) is 35.7 Å². The van der Waals surface area contributed by atoms with Gasteiger partial charge < -0.3 is 4.52 Å². The lowest BCUT2D eigenvalue weighted by molar-refractivity contribution is -0.130. The molecule has 7 nitrogen and oxygen atoms in total. The number of rotatable bonds is 4. The number of carbonyl (C=O) groups is 2. The molecule has 0 saturated heterocycles. The van der Waals surface area contributed by atoms with Gasteiger partial charge in [-0.05, 0) is 92.9 Å². The first kappa shape index (κ1) is 18.3. The van der Waals surface area contributed by atoms with Crippen molar-refractivity contribution >= 4 is 11.8 Å². The average molecular weight is 394 g/mol. The second kappa shape index (κ2) is 6.97. The molecular weight excluding hydrogens is 368 g/mol. The van der Waals surface area contributed by atoms with Crippen LogP contribution in [-0.4, -0.2) is 22.0 Å². The van der Waals surface area contributed by atoms with E-state index < -0.39 is 0 Å². The molecule has 2 amide bonds. The Kier molecular flexibility index (Phi) is 4.41. The summed E-state index contributed by atoms with van der Waals surface area (Å²) < 4.78 is 5.13. The van der Waals surface area contributed by atoms with E-state index in [1.54, 1.807) is 31.2 Å². The molecule has 2 N–H and O–H groups in total. The monoisotopic (exact) mass is 394 g/mol. The summed E-state index contributed by atoms with van der Waals surface area (Å²) in [4.78, 5) is 29.1. The molecule has 0 unspecified atom stereocenters. The van der Waals surface area contributed by atoms with Gasteiger partial charge in [-0.1, -0.05) is 5.16 Å². The second-order valence-electron chi connectivity index (χ2n) is 9.32. The molecule has 1 aromatic carbocycles. The lowest BCUT2D eigenvalue weighted by Crippen LogP contribution is -2.50. The maximum absolute atomic E-state index is 12.6. The Morgan fingerprint density at radius 3 is 2.21 bits per heavy atom. The van der Waals surface area contributed by atoms with Crippen molar-refractivity contribution < 1.29 is 14.1 Å². The predicted molar refractivity (Wildman–Crippen MR) is 105 cm³/mol. The molecule has 0 aliphatic heterocycles. The van der Waals surface area contributed by atoms with Gasteiger partial charge >= 0.3 is 0 Å². The standard InChI is InChI=1S/C22H26N4O3/c1-13-23-21(29-26-13)18-4-2-17(3-5-18)20(28)25-24-19(27)12-22-9-14-6-15(10-22)8-16(7-14)11-22/h2-5,14-16H,6-12H2,1H3,(H,24,27)(H,25,28). The minimum absolute atomic E-state index is 0.0849. The fourth-order valence-corrected chi connectivity index (χ4v) is 6.27. The molecule has 4 aliphatic rings. The molecule has 4 aliphatic carbocycles. The van der Waals surface area contributed by atoms with E-state index in [0.29, 0.717) is 23.7 Å². The Bertz CT molecular complexity index is 899. The first-order valence-corrected chi connectivity index (χ1v) is 10.5. The van der Waals surface area contributed by atoms with Crippen molar-refractivity contribution in [3.8, 4) is 11.5 Å². The van der Waals surface area contributed by atoms with Crippen LogP contribution in [0.25, 0.3) is 11.5 Å². The molecule has 0 atom stereocenters. The number of aryl methyl sites for hydroxylation is 1. The fraction of sp³-hybridized carbons (Fsp3) is 0.545. The van der Waals surface area contributed by atoms with Gasteiger partial charge in [0.25, 0.3) is 11.8 Å². The minimum Gasteiger partial charge on any atom is -0.334 e. The third-order valence-electron chi connectivity index (χ3n) is 6.94. The third-order valence-corrected chi connectivity index (χ3v) is 6.94. The summed E-state index contributed by atoms with van der Waals surface area (Å²) in [6.45, 7) is 1.75. The quantitative estimate of drug-likeness (QED) is 0.775. The molecule has 4 bridgehead atoms. The van der Waals surface area contributed by atoms with E-state index in [0.717, 1.165) is 23.3 Å². The van der Waals surface area contributed by atoms with Crippen molar-refractivity contribution in [2.45, 2.75) is 51.9 Å². The smallest absolute Gasteiger partial charge is 0.269 e. The van der Waals surface area contributed by atoms with E-state index in [9.17, 15) is 9.59 Å². The lowest BCUT2D eigenvalue weighted by Gasteiger charge is -2.56. The molecule has 6 rings (SSSR count). The van der Waals surface area contributed by atoms with Crippen molar-refractivity contribution in [1.82, 2.24) is 21.0 Å². The molecule has 4 saturated carbocycles. The molecule has 2 aromatic rings. The number of hydrazine groups is 1. The number of carbonyl (C=O) groups excluding carboxylic acids is 2. The van der Waals surface area contributed by atoms with Crippen molar-refractivity contribution in [3.63, 3.8) is 0 Å². The Hall–Kier alpha value is -2.70. The van der Waals surface area contributed by atoms with E-state index in [1.807, 2.05) is 0 Å². The number of hydrogen-bond donors (Lipinski definition) is 2. The van der Waals surface area contributed by atoms with Crippen LogP contribution < -0.4 is 10.9 Å². The van der Waals surface area contributed by atoms with Crippen LogP contribution in [0.3, 0.4) is 0 Å². The molecule has 29 heavy (non-hydrogen) atoms. The summed E-state index contributed by atoms with van der Waals surface area (Å²) in [5.74, 6) is 2.98. The molecule has 0 spiro atoms. The molecule has 4 fully saturated rings. The second-order valence-corrected chi connectivity index (χ2v) is 9.32. The van der Waals surface area contributed by atoms with Gasteiger partial charge in [0.1, 0.15) is 0 Å². The first-order chi connectivity index (χ1) is 14.0. The van der Waals surface area contributed by atoms with E-state index in [4.69, 9.17) is 4.52 Å². The van der Waals surface area contributed by atoms with Crippen molar-refractivity contribution in [2.75, 3.05) is 0 Å². The highest BCUT2D eigenvalue weighted by Gasteiger charge is 2.51. The van der Waals surface area contributed by atoms with Gasteiger partial charge in [0.05, 0.1) is 0 Å². The summed E-state index contributed by atoms with van der Waals surface area (Å²) in [5, 5.41) is 3.76. The van der Waals surface area contributed by atoms with E-state index >= 15 is 0 Å². The van der Waals surface area contributed by atoms with E-state index in [-0.39, 0.29) is 17.2 Å². The van der Waals surface area contributed by atoms with Gasteiger partial charge in [0.2, 0.25) is 5.91 Å². The fourth-order valence-electron chi connectivity index (χ4n) is 6.27. The van der Waals surface area contributed by atoms with Crippen LogP contribution in [0, 0.1) is 30.1 Å². The van der Waals surface area contributed by atoms with Crippen LogP contribution in [0.5, 0.6) is 0 Å². The summed E-state index contributed by atoms with van der Waals surface area (Å²) in [6, 6.07) is 6.85. The van der Waals surface area contributed by atoms with Crippen LogP contribution in [-0.2, 0) is 4.79 Å². The van der Waals surface area contributed by atoms with Crippen LogP contribution in [0.4, 0.5) is 0 Å². The average Bonchev–Trinajstić information content (AvgIpc) is 3.11. The zero-order valence-electron chi connectivity index (χ0n) is 16.6. The number of nitrogens with zero attached hydrogens (tertiary/aromatic N) is 2. The first-order valence-electron chi connectivity index (χ1n) is 10.5. The van der Waals surface area contributed by atoms with Crippen LogP contribution in [0.1, 0.15) is 61.1 Å². The Morgan fingerprint density at radius 1 is 1.03 bits per heavy atom. The van der Waals surface area contributed by atoms with Crippen molar-refractivity contribution in [1.29, 1.82) is 0 Å². The molecule has 1 aromatic heterocycles. The van der Waals surface area contributed by atoms with Gasteiger partial charge in [-0.25, -0.2) is 0 Å². The number of aromatic nitrogens is 2. The number of amides is 2. The predicted octanol–water partition coefficient (Wildman–Crippen LogP) is 3.41. The van der Waals surface area contributed by atoms with Gasteiger partial charge in [-0.2, -0.15) is 4.98 Å². The zero-order valence-corrected chi connectivity index (χ0v) is 16.6. The summed E-state index contributed by atoms with van der Waals surface area (Å²) >= 11 is 0. The van der Waals surface area contributed by atoms with Crippen LogP contribution in [0.2, 0.25) is 0 Å². The molecule has 7 heteroatoms. The number of hydrogen-bond acceptors (Lipinski definition) is 5. The van der Waals surface area contributed by atoms with Gasteiger partial charge in [-0.15, -0.1) is 0 Å². The SMILES string of the molecule is Cc1noc(-c2ccc(C(=O)NNC(=O)CC34CC5CC(CC(C5)C3)C4)cc2)n1. The maximum Gasteiger partial charge on any atom is 0.269 e. The highest BCUT2D eigenvalue weighted by atomic mass is 16.5. The van der Waals surface area contributed by atoms with Crippen molar-refractivity contribution in [2.24, 2.45) is 23.2 Å². The number of benzene rings is 1. The highest BCUT2D eigenvalue weighted by Crippen LogP contribution is 2.61. The van der Waals surface area contributed by atoms with Gasteiger partial charge in [0.15, 0.2) is 5.82 Å². The minimum atomic E-state index is -0.336. The molecule has 152 valence electrons. The van der Waals surface area contributed by atoms with E-state index in [1.165, 1.54) is 38.5 Å². The topological polar surface area (TPSA) is 97.1 Å². The summed E-state index contributed by atoms with van der Waals surface area (Å²) in [6.07, 6.45) is 8.13. The van der Waals surface area contributed by atoms with Gasteiger partial charge in [0, 0.05) is 17.5 Å². The Balaban J connectivity index is 1.16. The lowest BCUT2D eigenvalue weighted by atomic mass is 9.49. The van der Waals surface area contributed by atoms with Crippen LogP contribution >= 0.6 is 0 Å². The largest absolute Gasteiger partial charge is 0.334 e. The number of nitrogens with one attached hydrogen (secondary N) is 2. The van der Waals surface area contributed by atoms with Crippen LogP contribution in [0.15, 0.2) is 28.8 Å². The highest BCUT2D eigenvalue weighted by molar-refractivity contribution is 5.95. The summed E-state index contributed by atoms with van der Waals surface area (Å²) in [5.41, 5.74) is 6.54. The summed E-state index contributed by atoms with van der Waals surface area (Å²) in [7, 11) is 0. The Morgan fingerprint density at radius 2 is 1.66 bits per heavy atom. The molecular formula is C22H26N4O3. The maximum atomic E-state index is 12.6. The molecule has 0 radical (unpaired) electrons. The van der Waals surface area contributed by atoms with E-state index in [2.05, 4.69) is 21.0 Å². The zero-order chi connectivity index (χ0) is 20.0.